The highest BCUT2D eigenvalue weighted by Gasteiger charge is 2.18. The first-order chi connectivity index (χ1) is 9.65. The number of halogens is 1. The lowest BCUT2D eigenvalue weighted by molar-refractivity contribution is 0.765. The summed E-state index contributed by atoms with van der Waals surface area (Å²) in [6.07, 6.45) is 2.50. The predicted octanol–water partition coefficient (Wildman–Crippen LogP) is 3.53. The molecule has 1 fully saturated rings. The van der Waals surface area contributed by atoms with Gasteiger partial charge in [-0.1, -0.05) is 11.6 Å². The Labute approximate surface area is 128 Å². The fourth-order valence-electron chi connectivity index (χ4n) is 2.36. The van der Waals surface area contributed by atoms with Gasteiger partial charge < -0.3 is 9.47 Å². The third kappa shape index (κ3) is 2.65. The van der Waals surface area contributed by atoms with Gasteiger partial charge in [0.1, 0.15) is 5.82 Å². The van der Waals surface area contributed by atoms with Crippen LogP contribution in [0.3, 0.4) is 0 Å². The van der Waals surface area contributed by atoms with Crippen LogP contribution in [-0.4, -0.2) is 27.9 Å². The van der Waals surface area contributed by atoms with Crippen molar-refractivity contribution in [3.63, 3.8) is 0 Å². The summed E-state index contributed by atoms with van der Waals surface area (Å²) in [6.45, 7) is 4.16. The van der Waals surface area contributed by atoms with E-state index in [0.717, 1.165) is 29.1 Å². The maximum atomic E-state index is 6.16. The summed E-state index contributed by atoms with van der Waals surface area (Å²) in [6, 6.07) is 6.07. The lowest BCUT2D eigenvalue weighted by atomic mass is 10.3. The van der Waals surface area contributed by atoms with Gasteiger partial charge in [0.2, 0.25) is 0 Å². The molecule has 1 aromatic carbocycles. The van der Waals surface area contributed by atoms with Crippen molar-refractivity contribution >= 4 is 29.1 Å². The summed E-state index contributed by atoms with van der Waals surface area (Å²) in [5.74, 6) is 0.921. The van der Waals surface area contributed by atoms with Crippen LogP contribution < -0.4 is 4.90 Å². The van der Waals surface area contributed by atoms with E-state index in [0.29, 0.717) is 0 Å². The summed E-state index contributed by atoms with van der Waals surface area (Å²) < 4.78 is 2.01. The van der Waals surface area contributed by atoms with E-state index in [1.165, 1.54) is 23.4 Å². The quantitative estimate of drug-likeness (QED) is 0.868. The Balaban J connectivity index is 1.94. The number of hydrogen-bond acceptors (Lipinski definition) is 4. The van der Waals surface area contributed by atoms with Crippen LogP contribution in [0.4, 0.5) is 5.69 Å². The molecule has 0 N–H and O–H groups in total. The SMILES string of the molecule is Cc1nnc(Sc2ccc(Cl)cc2N2CCCC2)n1C. The van der Waals surface area contributed by atoms with Crippen molar-refractivity contribution < 1.29 is 0 Å². The maximum Gasteiger partial charge on any atom is 0.195 e. The number of rotatable bonds is 3. The van der Waals surface area contributed by atoms with E-state index in [4.69, 9.17) is 11.6 Å². The molecule has 20 heavy (non-hydrogen) atoms. The molecule has 3 rings (SSSR count). The molecule has 2 heterocycles. The van der Waals surface area contributed by atoms with Gasteiger partial charge in [-0.15, -0.1) is 10.2 Å². The molecule has 0 radical (unpaired) electrons. The second-order valence-electron chi connectivity index (χ2n) is 5.00. The summed E-state index contributed by atoms with van der Waals surface area (Å²) in [4.78, 5) is 3.59. The Morgan fingerprint density at radius 2 is 1.95 bits per heavy atom. The molecule has 0 spiro atoms. The number of hydrogen-bond donors (Lipinski definition) is 0. The summed E-state index contributed by atoms with van der Waals surface area (Å²) in [5.41, 5.74) is 1.21. The molecule has 106 valence electrons. The van der Waals surface area contributed by atoms with Gasteiger partial charge in [0.25, 0.3) is 0 Å². The van der Waals surface area contributed by atoms with Gasteiger partial charge >= 0.3 is 0 Å². The van der Waals surface area contributed by atoms with Crippen LogP contribution in [0.15, 0.2) is 28.3 Å². The van der Waals surface area contributed by atoms with Gasteiger partial charge in [-0.25, -0.2) is 0 Å². The topological polar surface area (TPSA) is 34.0 Å². The van der Waals surface area contributed by atoms with E-state index < -0.39 is 0 Å². The zero-order chi connectivity index (χ0) is 14.1. The fourth-order valence-corrected chi connectivity index (χ4v) is 3.50. The molecule has 1 aromatic heterocycles. The van der Waals surface area contributed by atoms with Crippen LogP contribution in [0.5, 0.6) is 0 Å². The van der Waals surface area contributed by atoms with Crippen molar-refractivity contribution in [3.8, 4) is 0 Å². The highest BCUT2D eigenvalue weighted by atomic mass is 35.5. The average Bonchev–Trinajstić information content (AvgIpc) is 3.06. The minimum atomic E-state index is 0.783. The molecule has 1 saturated heterocycles. The van der Waals surface area contributed by atoms with E-state index in [2.05, 4.69) is 27.2 Å². The van der Waals surface area contributed by atoms with Gasteiger partial charge in [0.15, 0.2) is 5.16 Å². The lowest BCUT2D eigenvalue weighted by Crippen LogP contribution is -2.18. The van der Waals surface area contributed by atoms with Crippen molar-refractivity contribution in [1.29, 1.82) is 0 Å². The molecule has 2 aromatic rings. The number of nitrogens with zero attached hydrogens (tertiary/aromatic N) is 4. The lowest BCUT2D eigenvalue weighted by Gasteiger charge is -2.21. The standard InChI is InChI=1S/C14H17ClN4S/c1-10-16-17-14(18(10)2)20-13-6-5-11(15)9-12(13)19-7-3-4-8-19/h5-6,9H,3-4,7-8H2,1-2H3. The van der Waals surface area contributed by atoms with E-state index in [1.807, 2.05) is 24.6 Å². The smallest absolute Gasteiger partial charge is 0.195 e. The fraction of sp³-hybridized carbons (Fsp3) is 0.429. The number of aromatic nitrogens is 3. The van der Waals surface area contributed by atoms with Crippen molar-refractivity contribution in [2.75, 3.05) is 18.0 Å². The van der Waals surface area contributed by atoms with Gasteiger partial charge in [-0.3, -0.25) is 0 Å². The van der Waals surface area contributed by atoms with E-state index in [1.54, 1.807) is 11.8 Å². The van der Waals surface area contributed by atoms with Gasteiger partial charge in [-0.05, 0) is 49.7 Å². The van der Waals surface area contributed by atoms with Crippen molar-refractivity contribution in [1.82, 2.24) is 14.8 Å². The molecule has 1 aliphatic rings. The second-order valence-corrected chi connectivity index (χ2v) is 6.44. The first-order valence-corrected chi connectivity index (χ1v) is 7.93. The molecule has 1 aliphatic heterocycles. The first kappa shape index (κ1) is 13.8. The van der Waals surface area contributed by atoms with Crippen LogP contribution >= 0.6 is 23.4 Å². The summed E-state index contributed by atoms with van der Waals surface area (Å²) in [5, 5.41) is 10.0. The minimum Gasteiger partial charge on any atom is -0.371 e. The van der Waals surface area contributed by atoms with Crippen LogP contribution in [0.2, 0.25) is 5.02 Å². The molecule has 6 heteroatoms. The molecule has 0 unspecified atom stereocenters. The average molecular weight is 309 g/mol. The number of anilines is 1. The van der Waals surface area contributed by atoms with Crippen molar-refractivity contribution in [3.05, 3.63) is 29.0 Å². The predicted molar refractivity (Wildman–Crippen MR) is 82.8 cm³/mol. The van der Waals surface area contributed by atoms with Crippen LogP contribution in [0.1, 0.15) is 18.7 Å². The summed E-state index contributed by atoms with van der Waals surface area (Å²) in [7, 11) is 1.99. The monoisotopic (exact) mass is 308 g/mol. The largest absolute Gasteiger partial charge is 0.371 e. The van der Waals surface area contributed by atoms with Gasteiger partial charge in [0.05, 0.1) is 5.69 Å². The molecule has 0 aliphatic carbocycles. The van der Waals surface area contributed by atoms with Crippen molar-refractivity contribution in [2.24, 2.45) is 7.05 Å². The Morgan fingerprint density at radius 1 is 1.20 bits per heavy atom. The molecular weight excluding hydrogens is 292 g/mol. The highest BCUT2D eigenvalue weighted by molar-refractivity contribution is 7.99. The van der Waals surface area contributed by atoms with Crippen molar-refractivity contribution in [2.45, 2.75) is 29.8 Å². The van der Waals surface area contributed by atoms with Crippen LogP contribution in [0.25, 0.3) is 0 Å². The normalized spacial score (nSPS) is 15.1. The Kier molecular flexibility index (Phi) is 3.89. The minimum absolute atomic E-state index is 0.783. The Morgan fingerprint density at radius 3 is 2.60 bits per heavy atom. The van der Waals surface area contributed by atoms with Gasteiger partial charge in [-0.2, -0.15) is 0 Å². The Bertz CT molecular complexity index is 620. The molecule has 0 amide bonds. The zero-order valence-electron chi connectivity index (χ0n) is 11.6. The van der Waals surface area contributed by atoms with Crippen LogP contribution in [-0.2, 0) is 7.05 Å². The zero-order valence-corrected chi connectivity index (χ0v) is 13.2. The molecule has 0 atom stereocenters. The molecular formula is C14H17ClN4S. The highest BCUT2D eigenvalue weighted by Crippen LogP contribution is 2.37. The summed E-state index contributed by atoms with van der Waals surface area (Å²) >= 11 is 7.81. The van der Waals surface area contributed by atoms with E-state index in [-0.39, 0.29) is 0 Å². The number of aryl methyl sites for hydroxylation is 1. The first-order valence-electron chi connectivity index (χ1n) is 6.73. The van der Waals surface area contributed by atoms with E-state index >= 15 is 0 Å². The van der Waals surface area contributed by atoms with E-state index in [9.17, 15) is 0 Å². The third-order valence-corrected chi connectivity index (χ3v) is 4.96. The van der Waals surface area contributed by atoms with Gasteiger partial charge in [0, 0.05) is 30.1 Å². The van der Waals surface area contributed by atoms with Crippen LogP contribution in [0, 0.1) is 6.92 Å². The second kappa shape index (κ2) is 5.66. The number of benzene rings is 1. The third-order valence-electron chi connectivity index (χ3n) is 3.62. The Hall–Kier alpha value is -1.20. The molecule has 0 bridgehead atoms. The maximum absolute atomic E-state index is 6.16. The molecule has 0 saturated carbocycles. The molecule has 4 nitrogen and oxygen atoms in total.